The number of phenols is 1. The van der Waals surface area contributed by atoms with Crippen molar-refractivity contribution >= 4 is 28.8 Å². The van der Waals surface area contributed by atoms with Gasteiger partial charge in [0.1, 0.15) is 22.6 Å². The van der Waals surface area contributed by atoms with E-state index in [1.165, 1.54) is 4.90 Å². The lowest BCUT2D eigenvalue weighted by Gasteiger charge is -2.15. The van der Waals surface area contributed by atoms with Gasteiger partial charge >= 0.3 is 6.18 Å². The normalized spacial score (nSPS) is 14.6. The maximum absolute atomic E-state index is 12.0. The van der Waals surface area contributed by atoms with Crippen LogP contribution >= 0.6 is 11.8 Å². The fourth-order valence-electron chi connectivity index (χ4n) is 3.02. The van der Waals surface area contributed by atoms with Crippen LogP contribution in [0.3, 0.4) is 0 Å². The third-order valence-corrected chi connectivity index (χ3v) is 5.80. The number of methoxy groups -OCH3 is 2. The highest BCUT2D eigenvalue weighted by Gasteiger charge is 2.33. The van der Waals surface area contributed by atoms with E-state index in [-0.39, 0.29) is 11.1 Å². The number of nitrogen functional groups attached to an aromatic ring is 2. The van der Waals surface area contributed by atoms with E-state index in [0.29, 0.717) is 11.8 Å². The molecule has 0 saturated carbocycles. The molecule has 4 rings (SSSR count). The van der Waals surface area contributed by atoms with Gasteiger partial charge in [-0.3, -0.25) is 0 Å². The van der Waals surface area contributed by atoms with Crippen LogP contribution < -0.4 is 26.3 Å². The third-order valence-electron chi connectivity index (χ3n) is 4.60. The summed E-state index contributed by atoms with van der Waals surface area (Å²) in [5.74, 6) is 1.22. The second-order valence-electron chi connectivity index (χ2n) is 6.78. The summed E-state index contributed by atoms with van der Waals surface area (Å²) in [6, 6.07) is 14.5. The number of halogens is 3. The maximum atomic E-state index is 12.0. The second-order valence-corrected chi connectivity index (χ2v) is 7.92. The van der Waals surface area contributed by atoms with E-state index in [0.717, 1.165) is 34.9 Å². The van der Waals surface area contributed by atoms with Crippen molar-refractivity contribution in [3.8, 4) is 17.2 Å². The molecule has 1 atom stereocenters. The predicted octanol–water partition coefficient (Wildman–Crippen LogP) is 5.50. The van der Waals surface area contributed by atoms with Crippen molar-refractivity contribution in [2.45, 2.75) is 16.4 Å². The average molecular weight is 465 g/mol. The van der Waals surface area contributed by atoms with Crippen LogP contribution in [-0.4, -0.2) is 19.3 Å². The molecule has 0 spiro atoms. The predicted molar refractivity (Wildman–Crippen MR) is 120 cm³/mol. The van der Waals surface area contributed by atoms with Crippen LogP contribution in [0.5, 0.6) is 17.2 Å². The SMILES string of the molecule is COc1ccc2c(c1)SC(c1ccc(N)cc1OC)N2.Nc1ccc(O)cc1C(F)(F)F. The molecule has 6 N–H and O–H groups in total. The minimum atomic E-state index is -4.51. The molecule has 1 aliphatic rings. The molecule has 3 aromatic rings. The molecule has 0 aliphatic carbocycles. The smallest absolute Gasteiger partial charge is 0.418 e. The van der Waals surface area contributed by atoms with E-state index in [1.807, 2.05) is 36.4 Å². The van der Waals surface area contributed by atoms with Crippen LogP contribution in [0.4, 0.5) is 30.2 Å². The average Bonchev–Trinajstić information content (AvgIpc) is 3.18. The van der Waals surface area contributed by atoms with E-state index in [1.54, 1.807) is 26.0 Å². The molecular weight excluding hydrogens is 443 g/mol. The molecule has 10 heteroatoms. The topological polar surface area (TPSA) is 103 Å². The van der Waals surface area contributed by atoms with Crippen molar-refractivity contribution in [1.82, 2.24) is 0 Å². The first-order valence-electron chi connectivity index (χ1n) is 9.32. The fraction of sp³-hybridized carbons (Fsp3) is 0.182. The van der Waals surface area contributed by atoms with E-state index in [2.05, 4.69) is 5.32 Å². The molecule has 32 heavy (non-hydrogen) atoms. The summed E-state index contributed by atoms with van der Waals surface area (Å²) in [6.45, 7) is 0. The van der Waals surface area contributed by atoms with Gasteiger partial charge in [0.25, 0.3) is 0 Å². The quantitative estimate of drug-likeness (QED) is 0.299. The van der Waals surface area contributed by atoms with Gasteiger partial charge in [-0.1, -0.05) is 17.8 Å². The number of ether oxygens (including phenoxy) is 2. The summed E-state index contributed by atoms with van der Waals surface area (Å²) < 4.78 is 46.8. The summed E-state index contributed by atoms with van der Waals surface area (Å²) in [5, 5.41) is 12.3. The van der Waals surface area contributed by atoms with E-state index in [4.69, 9.17) is 26.0 Å². The molecule has 0 radical (unpaired) electrons. The molecule has 0 aromatic heterocycles. The molecule has 6 nitrogen and oxygen atoms in total. The van der Waals surface area contributed by atoms with Crippen LogP contribution in [0.15, 0.2) is 59.5 Å². The van der Waals surface area contributed by atoms with Gasteiger partial charge in [0.15, 0.2) is 0 Å². The largest absolute Gasteiger partial charge is 0.508 e. The van der Waals surface area contributed by atoms with Gasteiger partial charge in [-0.05, 0) is 42.5 Å². The van der Waals surface area contributed by atoms with Gasteiger partial charge < -0.3 is 31.4 Å². The van der Waals surface area contributed by atoms with Gasteiger partial charge in [0.2, 0.25) is 0 Å². The number of aromatic hydroxyl groups is 1. The number of rotatable bonds is 3. The molecule has 3 aromatic carbocycles. The molecule has 0 saturated heterocycles. The number of hydrogen-bond acceptors (Lipinski definition) is 7. The number of nitrogens with two attached hydrogens (primary N) is 2. The number of thioether (sulfide) groups is 1. The van der Waals surface area contributed by atoms with E-state index in [9.17, 15) is 13.2 Å². The summed E-state index contributed by atoms with van der Waals surface area (Å²) >= 11 is 1.74. The highest BCUT2D eigenvalue weighted by Crippen LogP contribution is 2.49. The number of alkyl halides is 3. The van der Waals surface area contributed by atoms with Crippen molar-refractivity contribution in [3.63, 3.8) is 0 Å². The Kier molecular flexibility index (Phi) is 6.83. The Morgan fingerprint density at radius 1 is 0.969 bits per heavy atom. The number of phenolic OH excluding ortho intramolecular Hbond substituents is 1. The van der Waals surface area contributed by atoms with Gasteiger partial charge in [0, 0.05) is 33.6 Å². The lowest BCUT2D eigenvalue weighted by atomic mass is 10.1. The minimum Gasteiger partial charge on any atom is -0.508 e. The zero-order chi connectivity index (χ0) is 23.5. The standard InChI is InChI=1S/C15H16N2O2S.C7H6F3NO/c1-18-10-4-6-12-14(8-10)20-15(17-12)11-5-3-9(16)7-13(11)19-2;8-7(9,10)5-3-4(12)1-2-6(5)11/h3-8,15,17H,16H2,1-2H3;1-3,12H,11H2. The zero-order valence-electron chi connectivity index (χ0n) is 17.2. The molecule has 0 bridgehead atoms. The van der Waals surface area contributed by atoms with E-state index < -0.39 is 17.5 Å². The van der Waals surface area contributed by atoms with Gasteiger partial charge in [-0.15, -0.1) is 0 Å². The monoisotopic (exact) mass is 465 g/mol. The number of benzene rings is 3. The molecule has 1 heterocycles. The van der Waals surface area contributed by atoms with E-state index >= 15 is 0 Å². The zero-order valence-corrected chi connectivity index (χ0v) is 18.1. The van der Waals surface area contributed by atoms with Crippen molar-refractivity contribution in [2.24, 2.45) is 0 Å². The Bertz CT molecular complexity index is 1110. The van der Waals surface area contributed by atoms with Crippen LogP contribution in [0, 0.1) is 0 Å². The van der Waals surface area contributed by atoms with Crippen LogP contribution in [-0.2, 0) is 6.18 Å². The van der Waals surface area contributed by atoms with Crippen LogP contribution in [0.1, 0.15) is 16.5 Å². The summed E-state index contributed by atoms with van der Waals surface area (Å²) in [5.41, 5.74) is 12.3. The maximum Gasteiger partial charge on any atom is 0.418 e. The Balaban J connectivity index is 0.000000207. The van der Waals surface area contributed by atoms with Gasteiger partial charge in [-0.2, -0.15) is 13.2 Å². The summed E-state index contributed by atoms with van der Waals surface area (Å²) in [6.07, 6.45) is -4.51. The third kappa shape index (κ3) is 5.25. The molecular formula is C22H22F3N3O3S. The second kappa shape index (κ2) is 9.39. The number of anilines is 3. The Hall–Kier alpha value is -3.40. The van der Waals surface area contributed by atoms with Crippen molar-refractivity contribution in [1.29, 1.82) is 0 Å². The highest BCUT2D eigenvalue weighted by molar-refractivity contribution is 8.00. The molecule has 1 aliphatic heterocycles. The summed E-state index contributed by atoms with van der Waals surface area (Å²) in [7, 11) is 3.34. The van der Waals surface area contributed by atoms with Crippen molar-refractivity contribution in [3.05, 3.63) is 65.7 Å². The van der Waals surface area contributed by atoms with Crippen LogP contribution in [0.2, 0.25) is 0 Å². The first kappa shape index (κ1) is 23.3. The first-order valence-corrected chi connectivity index (χ1v) is 10.2. The lowest BCUT2D eigenvalue weighted by Crippen LogP contribution is -2.08. The molecule has 0 fully saturated rings. The van der Waals surface area contributed by atoms with Gasteiger partial charge in [0.05, 0.1) is 19.8 Å². The Morgan fingerprint density at radius 3 is 2.34 bits per heavy atom. The Morgan fingerprint density at radius 2 is 1.72 bits per heavy atom. The minimum absolute atomic E-state index is 0.118. The fourth-order valence-corrected chi connectivity index (χ4v) is 4.22. The van der Waals surface area contributed by atoms with Crippen LogP contribution in [0.25, 0.3) is 0 Å². The first-order chi connectivity index (χ1) is 15.1. The molecule has 0 amide bonds. The number of fused-ring (bicyclic) bond motifs is 1. The Labute approximate surface area is 187 Å². The number of hydrogen-bond donors (Lipinski definition) is 4. The molecule has 170 valence electrons. The number of nitrogens with one attached hydrogen (secondary N) is 1. The van der Waals surface area contributed by atoms with Crippen molar-refractivity contribution < 1.29 is 27.8 Å². The highest BCUT2D eigenvalue weighted by atomic mass is 32.2. The lowest BCUT2D eigenvalue weighted by molar-refractivity contribution is -0.137. The summed E-state index contributed by atoms with van der Waals surface area (Å²) in [4.78, 5) is 1.17. The van der Waals surface area contributed by atoms with Crippen molar-refractivity contribution in [2.75, 3.05) is 31.0 Å². The molecule has 1 unspecified atom stereocenters. The van der Waals surface area contributed by atoms with Gasteiger partial charge in [-0.25, -0.2) is 0 Å².